The predicted octanol–water partition coefficient (Wildman–Crippen LogP) is 2.56. The van der Waals surface area contributed by atoms with E-state index in [0.717, 1.165) is 5.69 Å². The van der Waals surface area contributed by atoms with Gasteiger partial charge in [-0.25, -0.2) is 9.97 Å². The maximum absolute atomic E-state index is 12.2. The first-order chi connectivity index (χ1) is 11.1. The number of carbonyl (C=O) groups is 1. The summed E-state index contributed by atoms with van der Waals surface area (Å²) in [6, 6.07) is 8.97. The Morgan fingerprint density at radius 1 is 1.17 bits per heavy atom. The number of amides is 1. The van der Waals surface area contributed by atoms with Crippen LogP contribution in [0.15, 0.2) is 48.9 Å². The van der Waals surface area contributed by atoms with Crippen LogP contribution in [0.2, 0.25) is 0 Å². The number of nitrogens with zero attached hydrogens (tertiary/aromatic N) is 4. The Morgan fingerprint density at radius 3 is 2.48 bits per heavy atom. The predicted molar refractivity (Wildman–Crippen MR) is 84.4 cm³/mol. The molecule has 2 heterocycles. The summed E-state index contributed by atoms with van der Waals surface area (Å²) >= 11 is 0. The quantitative estimate of drug-likeness (QED) is 0.801. The Hall–Kier alpha value is -3.22. The Kier molecular flexibility index (Phi) is 4.01. The summed E-state index contributed by atoms with van der Waals surface area (Å²) in [6.45, 7) is 1.85. The van der Waals surface area contributed by atoms with Crippen LogP contribution >= 0.6 is 0 Å². The second-order valence-corrected chi connectivity index (χ2v) is 4.88. The minimum Gasteiger partial charge on any atom is -0.424 e. The molecule has 1 aromatic carbocycles. The fourth-order valence-electron chi connectivity index (χ4n) is 1.97. The zero-order chi connectivity index (χ0) is 16.2. The van der Waals surface area contributed by atoms with Gasteiger partial charge in [-0.15, -0.1) is 0 Å². The molecule has 0 saturated heterocycles. The molecule has 2 aromatic heterocycles. The normalized spacial score (nSPS) is 10.3. The first-order valence-electron chi connectivity index (χ1n) is 6.98. The van der Waals surface area contributed by atoms with Gasteiger partial charge in [0.15, 0.2) is 0 Å². The molecule has 0 saturated carbocycles. The molecule has 0 spiro atoms. The molecule has 0 atom stereocenters. The standard InChI is InChI=1S/C16H15N5O2/c1-11-14(10-19-21(11)2)15(22)20-12-4-6-13(7-5-12)23-16-17-8-3-9-18-16/h3-10H,1-2H3,(H,20,22). The van der Waals surface area contributed by atoms with Crippen molar-refractivity contribution < 1.29 is 9.53 Å². The summed E-state index contributed by atoms with van der Waals surface area (Å²) in [5, 5.41) is 6.89. The highest BCUT2D eigenvalue weighted by molar-refractivity contribution is 6.04. The molecule has 0 fully saturated rings. The topological polar surface area (TPSA) is 81.9 Å². The summed E-state index contributed by atoms with van der Waals surface area (Å²) < 4.78 is 7.16. The van der Waals surface area contributed by atoms with Crippen LogP contribution in [0, 0.1) is 6.92 Å². The number of carbonyl (C=O) groups excluding carboxylic acids is 1. The maximum atomic E-state index is 12.2. The van der Waals surface area contributed by atoms with Gasteiger partial charge in [-0.1, -0.05) is 0 Å². The number of ether oxygens (including phenoxy) is 1. The molecule has 0 aliphatic carbocycles. The first-order valence-corrected chi connectivity index (χ1v) is 6.98. The van der Waals surface area contributed by atoms with Crippen molar-refractivity contribution in [2.75, 3.05) is 5.32 Å². The molecular formula is C16H15N5O2. The Labute approximate surface area is 133 Å². The average Bonchev–Trinajstić information content (AvgIpc) is 2.90. The van der Waals surface area contributed by atoms with Crippen molar-refractivity contribution in [3.05, 3.63) is 60.2 Å². The monoisotopic (exact) mass is 309 g/mol. The van der Waals surface area contributed by atoms with E-state index in [-0.39, 0.29) is 11.9 Å². The van der Waals surface area contributed by atoms with Crippen molar-refractivity contribution in [3.63, 3.8) is 0 Å². The Morgan fingerprint density at radius 2 is 1.87 bits per heavy atom. The van der Waals surface area contributed by atoms with E-state index in [9.17, 15) is 4.79 Å². The summed E-state index contributed by atoms with van der Waals surface area (Å²) in [5.74, 6) is 0.391. The lowest BCUT2D eigenvalue weighted by Gasteiger charge is -2.07. The largest absolute Gasteiger partial charge is 0.424 e. The molecule has 7 heteroatoms. The van der Waals surface area contributed by atoms with Gasteiger partial charge in [0.25, 0.3) is 5.91 Å². The summed E-state index contributed by atoms with van der Waals surface area (Å²) in [6.07, 6.45) is 4.76. The zero-order valence-electron chi connectivity index (χ0n) is 12.7. The molecule has 1 amide bonds. The van der Waals surface area contributed by atoms with Gasteiger partial charge in [0, 0.05) is 30.8 Å². The lowest BCUT2D eigenvalue weighted by Crippen LogP contribution is -2.12. The van der Waals surface area contributed by atoms with Gasteiger partial charge in [0.05, 0.1) is 11.8 Å². The van der Waals surface area contributed by atoms with Crippen LogP contribution < -0.4 is 10.1 Å². The molecule has 0 aliphatic heterocycles. The lowest BCUT2D eigenvalue weighted by atomic mass is 10.2. The molecule has 23 heavy (non-hydrogen) atoms. The molecule has 3 aromatic rings. The van der Waals surface area contributed by atoms with Crippen LogP contribution in [0.5, 0.6) is 11.8 Å². The van der Waals surface area contributed by atoms with E-state index in [2.05, 4.69) is 20.4 Å². The lowest BCUT2D eigenvalue weighted by molar-refractivity contribution is 0.102. The molecule has 0 aliphatic rings. The SMILES string of the molecule is Cc1c(C(=O)Nc2ccc(Oc3ncccn3)cc2)cnn1C. The molecule has 7 nitrogen and oxygen atoms in total. The molecule has 0 unspecified atom stereocenters. The molecule has 3 rings (SSSR count). The van der Waals surface area contributed by atoms with Crippen LogP contribution in [0.4, 0.5) is 5.69 Å². The van der Waals surface area contributed by atoms with Crippen molar-refractivity contribution in [1.29, 1.82) is 0 Å². The molecule has 116 valence electrons. The van der Waals surface area contributed by atoms with Crippen LogP contribution in [0.25, 0.3) is 0 Å². The van der Waals surface area contributed by atoms with Gasteiger partial charge < -0.3 is 10.1 Å². The van der Waals surface area contributed by atoms with Crippen molar-refractivity contribution in [1.82, 2.24) is 19.7 Å². The van der Waals surface area contributed by atoms with E-state index in [1.807, 2.05) is 6.92 Å². The highest BCUT2D eigenvalue weighted by Gasteiger charge is 2.12. The third kappa shape index (κ3) is 3.34. The van der Waals surface area contributed by atoms with Crippen LogP contribution in [-0.4, -0.2) is 25.7 Å². The van der Waals surface area contributed by atoms with Crippen molar-refractivity contribution in [3.8, 4) is 11.8 Å². The number of hydrogen-bond acceptors (Lipinski definition) is 5. The van der Waals surface area contributed by atoms with Gasteiger partial charge in [0.2, 0.25) is 0 Å². The maximum Gasteiger partial charge on any atom is 0.321 e. The van der Waals surface area contributed by atoms with Crippen LogP contribution in [0.3, 0.4) is 0 Å². The second-order valence-electron chi connectivity index (χ2n) is 4.88. The van der Waals surface area contributed by atoms with Crippen LogP contribution in [-0.2, 0) is 7.05 Å². The number of hydrogen-bond donors (Lipinski definition) is 1. The average molecular weight is 309 g/mol. The van der Waals surface area contributed by atoms with E-state index in [0.29, 0.717) is 17.0 Å². The Balaban J connectivity index is 1.68. The number of anilines is 1. The van der Waals surface area contributed by atoms with E-state index in [4.69, 9.17) is 4.74 Å². The van der Waals surface area contributed by atoms with Gasteiger partial charge in [-0.05, 0) is 37.3 Å². The van der Waals surface area contributed by atoms with Gasteiger partial charge in [-0.3, -0.25) is 9.48 Å². The minimum atomic E-state index is -0.198. The number of benzene rings is 1. The van der Waals surface area contributed by atoms with Crippen LogP contribution in [0.1, 0.15) is 16.1 Å². The van der Waals surface area contributed by atoms with Gasteiger partial charge in [0.1, 0.15) is 5.75 Å². The van der Waals surface area contributed by atoms with Gasteiger partial charge in [-0.2, -0.15) is 5.10 Å². The number of rotatable bonds is 4. The smallest absolute Gasteiger partial charge is 0.321 e. The van der Waals surface area contributed by atoms with Crippen molar-refractivity contribution >= 4 is 11.6 Å². The Bertz CT molecular complexity index is 812. The molecular weight excluding hydrogens is 294 g/mol. The van der Waals surface area contributed by atoms with Crippen molar-refractivity contribution in [2.24, 2.45) is 7.05 Å². The van der Waals surface area contributed by atoms with E-state index in [1.165, 1.54) is 0 Å². The zero-order valence-corrected chi connectivity index (χ0v) is 12.7. The summed E-state index contributed by atoms with van der Waals surface area (Å²) in [4.78, 5) is 20.2. The number of aryl methyl sites for hydroxylation is 1. The number of nitrogens with one attached hydrogen (secondary N) is 1. The molecule has 0 radical (unpaired) electrons. The third-order valence-electron chi connectivity index (χ3n) is 3.34. The minimum absolute atomic E-state index is 0.198. The third-order valence-corrected chi connectivity index (χ3v) is 3.34. The first kappa shape index (κ1) is 14.7. The fourth-order valence-corrected chi connectivity index (χ4v) is 1.97. The summed E-state index contributed by atoms with van der Waals surface area (Å²) in [7, 11) is 1.80. The van der Waals surface area contributed by atoms with Crippen molar-refractivity contribution in [2.45, 2.75) is 6.92 Å². The number of aromatic nitrogens is 4. The van der Waals surface area contributed by atoms with E-state index in [1.54, 1.807) is 60.7 Å². The molecule has 1 N–H and O–H groups in total. The molecule has 0 bridgehead atoms. The second kappa shape index (κ2) is 6.27. The highest BCUT2D eigenvalue weighted by Crippen LogP contribution is 2.20. The van der Waals surface area contributed by atoms with E-state index >= 15 is 0 Å². The fraction of sp³-hybridized carbons (Fsp3) is 0.125. The summed E-state index contributed by atoms with van der Waals surface area (Å²) in [5.41, 5.74) is 2.02. The highest BCUT2D eigenvalue weighted by atomic mass is 16.5. The van der Waals surface area contributed by atoms with Gasteiger partial charge >= 0.3 is 6.01 Å². The van der Waals surface area contributed by atoms with E-state index < -0.39 is 0 Å².